The lowest BCUT2D eigenvalue weighted by atomic mass is 10.2. The zero-order valence-electron chi connectivity index (χ0n) is 10.6. The van der Waals surface area contributed by atoms with Crippen LogP contribution in [0.3, 0.4) is 0 Å². The van der Waals surface area contributed by atoms with Crippen LogP contribution in [-0.4, -0.2) is 38.3 Å². The molecule has 2 amide bonds. The van der Waals surface area contributed by atoms with Crippen molar-refractivity contribution in [3.8, 4) is 5.75 Å². The number of carbonyl (C=O) groups excluding carboxylic acids is 1. The molecule has 7 heteroatoms. The molecule has 0 saturated carbocycles. The van der Waals surface area contributed by atoms with Crippen molar-refractivity contribution in [1.29, 1.82) is 0 Å². The van der Waals surface area contributed by atoms with Crippen LogP contribution in [0, 0.1) is 0 Å². The minimum Gasteiger partial charge on any atom is -0.493 e. The second kappa shape index (κ2) is 6.49. The van der Waals surface area contributed by atoms with Gasteiger partial charge in [-0.3, -0.25) is 4.90 Å². The van der Waals surface area contributed by atoms with Crippen molar-refractivity contribution in [1.82, 2.24) is 5.32 Å². The summed E-state index contributed by atoms with van der Waals surface area (Å²) in [6.07, 6.45) is -5.51. The Morgan fingerprint density at radius 3 is 2.50 bits per heavy atom. The summed E-state index contributed by atoms with van der Waals surface area (Å²) < 4.78 is 41.7. The first-order chi connectivity index (χ1) is 9.58. The van der Waals surface area contributed by atoms with E-state index in [9.17, 15) is 18.0 Å². The molecule has 0 spiro atoms. The molecule has 1 unspecified atom stereocenters. The number of nitrogens with zero attached hydrogens (tertiary/aromatic N) is 2. The van der Waals surface area contributed by atoms with E-state index in [1.807, 2.05) is 0 Å². The Balaban J connectivity index is 1.84. The summed E-state index contributed by atoms with van der Waals surface area (Å²) in [6.45, 7) is 0.891. The maximum atomic E-state index is 12.7. The molecule has 0 N–H and O–H groups in total. The minimum atomic E-state index is -2.98. The van der Waals surface area contributed by atoms with Gasteiger partial charge in [0.25, 0.3) is 6.43 Å². The molecule has 1 atom stereocenters. The van der Waals surface area contributed by atoms with Crippen molar-refractivity contribution in [2.24, 2.45) is 0 Å². The van der Waals surface area contributed by atoms with E-state index < -0.39 is 12.6 Å². The van der Waals surface area contributed by atoms with E-state index in [-0.39, 0.29) is 19.1 Å². The van der Waals surface area contributed by atoms with Crippen LogP contribution in [-0.2, 0) is 0 Å². The Hall–Kier alpha value is -1.92. The van der Waals surface area contributed by atoms with Crippen LogP contribution < -0.4 is 15.0 Å². The van der Waals surface area contributed by atoms with Gasteiger partial charge in [0.05, 0.1) is 13.2 Å². The average Bonchev–Trinajstić information content (AvgIpc) is 2.85. The molecule has 1 aromatic carbocycles. The largest absolute Gasteiger partial charge is 0.493 e. The molecular weight excluding hydrogens is 273 g/mol. The molecule has 1 heterocycles. The van der Waals surface area contributed by atoms with Gasteiger partial charge in [-0.2, -0.15) is 0 Å². The first-order valence-corrected chi connectivity index (χ1v) is 6.22. The Morgan fingerprint density at radius 2 is 1.95 bits per heavy atom. The smallest absolute Gasteiger partial charge is 0.343 e. The predicted molar refractivity (Wildman–Crippen MR) is 67.2 cm³/mol. The van der Waals surface area contributed by atoms with Gasteiger partial charge in [0.15, 0.2) is 6.17 Å². The van der Waals surface area contributed by atoms with Crippen molar-refractivity contribution in [3.63, 3.8) is 0 Å². The quantitative estimate of drug-likeness (QED) is 0.807. The van der Waals surface area contributed by atoms with Crippen molar-refractivity contribution in [2.45, 2.75) is 19.0 Å². The molecule has 1 saturated heterocycles. The molecule has 0 bridgehead atoms. The van der Waals surface area contributed by atoms with Crippen LogP contribution in [0.4, 0.5) is 23.7 Å². The fourth-order valence-corrected chi connectivity index (χ4v) is 1.80. The average molecular weight is 287 g/mol. The zero-order chi connectivity index (χ0) is 14.5. The molecule has 20 heavy (non-hydrogen) atoms. The fraction of sp³-hybridized carbons (Fsp3) is 0.462. The molecule has 0 aromatic heterocycles. The molecular formula is C13H14F3N2O2. The van der Waals surface area contributed by atoms with Crippen LogP contribution >= 0.6 is 0 Å². The maximum Gasteiger partial charge on any atom is 0.343 e. The molecule has 0 aliphatic carbocycles. The van der Waals surface area contributed by atoms with E-state index >= 15 is 0 Å². The van der Waals surface area contributed by atoms with Crippen LogP contribution in [0.1, 0.15) is 6.42 Å². The van der Waals surface area contributed by atoms with Gasteiger partial charge in [-0.05, 0) is 24.3 Å². The second-order valence-electron chi connectivity index (χ2n) is 4.30. The van der Waals surface area contributed by atoms with Crippen LogP contribution in [0.25, 0.3) is 0 Å². The van der Waals surface area contributed by atoms with Gasteiger partial charge in [0.2, 0.25) is 0 Å². The molecule has 109 valence electrons. The van der Waals surface area contributed by atoms with E-state index in [4.69, 9.17) is 4.74 Å². The lowest BCUT2D eigenvalue weighted by molar-refractivity contribution is 0.0378. The van der Waals surface area contributed by atoms with E-state index in [1.165, 1.54) is 4.90 Å². The van der Waals surface area contributed by atoms with E-state index in [0.717, 1.165) is 0 Å². The van der Waals surface area contributed by atoms with Crippen LogP contribution in [0.2, 0.25) is 0 Å². The molecule has 1 aromatic rings. The number of hydrogen-bond acceptors (Lipinski definition) is 2. The lowest BCUT2D eigenvalue weighted by Crippen LogP contribution is -2.25. The van der Waals surface area contributed by atoms with Crippen molar-refractivity contribution in [2.75, 3.05) is 24.6 Å². The second-order valence-corrected chi connectivity index (χ2v) is 4.30. The number of benzene rings is 1. The number of anilines is 1. The maximum absolute atomic E-state index is 12.7. The SMILES string of the molecule is O=C1[N]CCN1c1ccc(OCCC(F)C(F)F)cc1. The summed E-state index contributed by atoms with van der Waals surface area (Å²) in [7, 11) is 0. The number of alkyl halides is 3. The highest BCUT2D eigenvalue weighted by atomic mass is 19.3. The number of ether oxygens (including phenoxy) is 1. The van der Waals surface area contributed by atoms with Gasteiger partial charge in [0.1, 0.15) is 5.75 Å². The number of carbonyl (C=O) groups is 1. The number of hydrogen-bond donors (Lipinski definition) is 0. The van der Waals surface area contributed by atoms with Gasteiger partial charge in [-0.15, -0.1) is 0 Å². The molecule has 2 rings (SSSR count). The Kier molecular flexibility index (Phi) is 4.70. The highest BCUT2D eigenvalue weighted by Crippen LogP contribution is 2.21. The van der Waals surface area contributed by atoms with Gasteiger partial charge >= 0.3 is 6.03 Å². The summed E-state index contributed by atoms with van der Waals surface area (Å²) >= 11 is 0. The third-order valence-electron chi connectivity index (χ3n) is 2.89. The summed E-state index contributed by atoms with van der Waals surface area (Å²) in [5.41, 5.74) is 0.694. The highest BCUT2D eigenvalue weighted by molar-refractivity contribution is 5.93. The van der Waals surface area contributed by atoms with Crippen molar-refractivity contribution in [3.05, 3.63) is 24.3 Å². The zero-order valence-corrected chi connectivity index (χ0v) is 10.6. The number of halogens is 3. The fourth-order valence-electron chi connectivity index (χ4n) is 1.80. The minimum absolute atomic E-state index is 0.122. The van der Waals surface area contributed by atoms with Crippen LogP contribution in [0.5, 0.6) is 5.75 Å². The summed E-state index contributed by atoms with van der Waals surface area (Å²) in [5, 5.41) is 3.74. The third-order valence-corrected chi connectivity index (χ3v) is 2.89. The summed E-state index contributed by atoms with van der Waals surface area (Å²) in [5.74, 6) is 0.443. The van der Waals surface area contributed by atoms with E-state index in [2.05, 4.69) is 5.32 Å². The Bertz CT molecular complexity index is 453. The Morgan fingerprint density at radius 1 is 1.25 bits per heavy atom. The first-order valence-electron chi connectivity index (χ1n) is 6.22. The van der Waals surface area contributed by atoms with Crippen molar-refractivity contribution < 1.29 is 22.7 Å². The van der Waals surface area contributed by atoms with Crippen LogP contribution in [0.15, 0.2) is 24.3 Å². The monoisotopic (exact) mass is 287 g/mol. The van der Waals surface area contributed by atoms with E-state index in [1.54, 1.807) is 24.3 Å². The van der Waals surface area contributed by atoms with Gasteiger partial charge in [-0.25, -0.2) is 23.3 Å². The number of rotatable bonds is 6. The predicted octanol–water partition coefficient (Wildman–Crippen LogP) is 2.60. The topological polar surface area (TPSA) is 43.6 Å². The normalized spacial score (nSPS) is 16.4. The lowest BCUT2D eigenvalue weighted by Gasteiger charge is -2.14. The molecule has 1 radical (unpaired) electrons. The van der Waals surface area contributed by atoms with Gasteiger partial charge < -0.3 is 4.74 Å². The summed E-state index contributed by atoms with van der Waals surface area (Å²) in [6, 6.07) is 6.28. The van der Waals surface area contributed by atoms with Gasteiger partial charge in [-0.1, -0.05) is 0 Å². The molecule has 4 nitrogen and oxygen atoms in total. The first kappa shape index (κ1) is 14.5. The third kappa shape index (κ3) is 3.55. The number of urea groups is 1. The molecule has 1 aliphatic rings. The summed E-state index contributed by atoms with van der Waals surface area (Å²) in [4.78, 5) is 12.9. The van der Waals surface area contributed by atoms with Gasteiger partial charge in [0, 0.05) is 18.7 Å². The van der Waals surface area contributed by atoms with E-state index in [0.29, 0.717) is 24.5 Å². The highest BCUT2D eigenvalue weighted by Gasteiger charge is 2.22. The molecule has 1 fully saturated rings. The number of amides is 2. The van der Waals surface area contributed by atoms with Crippen molar-refractivity contribution >= 4 is 11.7 Å². The molecule has 1 aliphatic heterocycles. The Labute approximate surface area is 114 Å². The standard InChI is InChI=1S/C13H14F3N2O2/c14-11(12(15)16)5-8-20-10-3-1-9(2-4-10)18-7-6-17-13(18)19/h1-4,11-12H,5-8H2.